The van der Waals surface area contributed by atoms with Crippen LogP contribution in [0.25, 0.3) is 6.08 Å². The van der Waals surface area contributed by atoms with Gasteiger partial charge in [-0.15, -0.1) is 0 Å². The third-order valence-electron chi connectivity index (χ3n) is 5.52. The highest BCUT2D eigenvalue weighted by Crippen LogP contribution is 2.40. The van der Waals surface area contributed by atoms with Gasteiger partial charge in [0, 0.05) is 10.6 Å². The van der Waals surface area contributed by atoms with Crippen molar-refractivity contribution in [1.29, 1.82) is 0 Å². The Morgan fingerprint density at radius 3 is 2.63 bits per heavy atom. The minimum Gasteiger partial charge on any atom is -0.493 e. The number of rotatable bonds is 7. The van der Waals surface area contributed by atoms with Gasteiger partial charge in [-0.3, -0.25) is 9.36 Å². The van der Waals surface area contributed by atoms with Crippen LogP contribution in [0.5, 0.6) is 11.5 Å². The molecule has 0 saturated heterocycles. The largest absolute Gasteiger partial charge is 0.493 e. The summed E-state index contributed by atoms with van der Waals surface area (Å²) in [5.74, 6) is 0.421. The number of para-hydroxylation sites is 1. The van der Waals surface area contributed by atoms with E-state index in [9.17, 15) is 9.59 Å². The lowest BCUT2D eigenvalue weighted by Crippen LogP contribution is -2.40. The summed E-state index contributed by atoms with van der Waals surface area (Å²) in [6, 6.07) is 11.9. The molecule has 35 heavy (non-hydrogen) atoms. The van der Waals surface area contributed by atoms with E-state index in [1.807, 2.05) is 31.2 Å². The molecule has 1 aliphatic rings. The Bertz CT molecular complexity index is 1490. The van der Waals surface area contributed by atoms with Gasteiger partial charge >= 0.3 is 5.97 Å². The molecule has 2 heterocycles. The number of allylic oxidation sites excluding steroid dienone is 1. The molecule has 0 N–H and O–H groups in total. The number of carbonyl (C=O) groups is 1. The molecule has 1 aromatic heterocycles. The molecule has 2 aromatic carbocycles. The summed E-state index contributed by atoms with van der Waals surface area (Å²) in [5.41, 5.74) is 1.78. The minimum absolute atomic E-state index is 0.190. The van der Waals surface area contributed by atoms with E-state index in [1.165, 1.54) is 15.9 Å². The predicted octanol–water partition coefficient (Wildman–Crippen LogP) is 3.86. The van der Waals surface area contributed by atoms with Crippen LogP contribution < -0.4 is 24.4 Å². The third-order valence-corrected chi connectivity index (χ3v) is 6.85. The van der Waals surface area contributed by atoms with Gasteiger partial charge in [0.2, 0.25) is 0 Å². The smallest absolute Gasteiger partial charge is 0.338 e. The average molecular weight is 513 g/mol. The molecule has 0 unspecified atom stereocenters. The minimum atomic E-state index is -0.810. The summed E-state index contributed by atoms with van der Waals surface area (Å²) in [6.07, 6.45) is 1.74. The maximum absolute atomic E-state index is 13.8. The van der Waals surface area contributed by atoms with E-state index in [2.05, 4.69) is 4.99 Å². The number of esters is 1. The number of nitrogens with zero attached hydrogens (tertiary/aromatic N) is 2. The van der Waals surface area contributed by atoms with E-state index in [-0.39, 0.29) is 17.7 Å². The maximum atomic E-state index is 13.8. The van der Waals surface area contributed by atoms with E-state index in [0.717, 1.165) is 0 Å². The molecule has 7 nitrogen and oxygen atoms in total. The number of thiazole rings is 1. The standard InChI is InChI=1S/C26H25ClN2O5S/c1-5-33-23-17(11-9-13-19(23)32-4)22-21(25(31)34-6-2)15(3)28-26-29(22)24(30)20(35-26)14-16-10-7-8-12-18(16)27/h7-14,22H,5-6H2,1-4H3/b20-14+/t22-/m0/s1. The molecular formula is C26H25ClN2O5S. The fourth-order valence-corrected chi connectivity index (χ4v) is 5.25. The number of hydrogen-bond acceptors (Lipinski definition) is 7. The Morgan fingerprint density at radius 1 is 1.17 bits per heavy atom. The van der Waals surface area contributed by atoms with Crippen molar-refractivity contribution in [3.63, 3.8) is 0 Å². The fraction of sp³-hybridized carbons (Fsp3) is 0.269. The summed E-state index contributed by atoms with van der Waals surface area (Å²) < 4.78 is 18.8. The summed E-state index contributed by atoms with van der Waals surface area (Å²) in [6.45, 7) is 5.90. The van der Waals surface area contributed by atoms with Gasteiger partial charge in [-0.2, -0.15) is 0 Å². The van der Waals surface area contributed by atoms with Gasteiger partial charge in [0.15, 0.2) is 16.3 Å². The molecule has 0 radical (unpaired) electrons. The molecule has 3 aromatic rings. The number of benzene rings is 2. The highest BCUT2D eigenvalue weighted by Gasteiger charge is 2.35. The maximum Gasteiger partial charge on any atom is 0.338 e. The second-order valence-electron chi connectivity index (χ2n) is 7.64. The zero-order valence-corrected chi connectivity index (χ0v) is 21.4. The van der Waals surface area contributed by atoms with Crippen LogP contribution in [0, 0.1) is 0 Å². The van der Waals surface area contributed by atoms with Crippen LogP contribution in [0.2, 0.25) is 5.02 Å². The first kappa shape index (κ1) is 24.8. The highest BCUT2D eigenvalue weighted by atomic mass is 35.5. The predicted molar refractivity (Wildman–Crippen MR) is 136 cm³/mol. The lowest BCUT2D eigenvalue weighted by molar-refractivity contribution is -0.139. The molecule has 9 heteroatoms. The van der Waals surface area contributed by atoms with Crippen LogP contribution in [0.15, 0.2) is 63.5 Å². The van der Waals surface area contributed by atoms with Gasteiger partial charge in [-0.1, -0.05) is 53.3 Å². The Balaban J connectivity index is 2.04. The van der Waals surface area contributed by atoms with Crippen molar-refractivity contribution in [1.82, 2.24) is 4.57 Å². The molecule has 4 rings (SSSR count). The van der Waals surface area contributed by atoms with Crippen LogP contribution in [0.4, 0.5) is 0 Å². The Hall–Kier alpha value is -3.36. The van der Waals surface area contributed by atoms with Crippen LogP contribution in [-0.4, -0.2) is 30.9 Å². The molecule has 0 fully saturated rings. The van der Waals surface area contributed by atoms with E-state index in [4.69, 9.17) is 25.8 Å². The lowest BCUT2D eigenvalue weighted by Gasteiger charge is -2.26. The number of carbonyl (C=O) groups excluding carboxylic acids is 1. The average Bonchev–Trinajstić information content (AvgIpc) is 3.14. The number of ether oxygens (including phenoxy) is 3. The van der Waals surface area contributed by atoms with Crippen LogP contribution in [-0.2, 0) is 9.53 Å². The van der Waals surface area contributed by atoms with E-state index in [1.54, 1.807) is 45.2 Å². The molecular weight excluding hydrogens is 488 g/mol. The van der Waals surface area contributed by atoms with Gasteiger partial charge in [0.1, 0.15) is 6.04 Å². The monoisotopic (exact) mass is 512 g/mol. The first-order valence-corrected chi connectivity index (χ1v) is 12.3. The Morgan fingerprint density at radius 2 is 1.94 bits per heavy atom. The number of hydrogen-bond donors (Lipinski definition) is 0. The number of aromatic nitrogens is 1. The molecule has 0 bridgehead atoms. The van der Waals surface area contributed by atoms with Crippen molar-refractivity contribution in [2.45, 2.75) is 26.8 Å². The topological polar surface area (TPSA) is 79.1 Å². The normalized spacial score (nSPS) is 15.5. The Kier molecular flexibility index (Phi) is 7.42. The summed E-state index contributed by atoms with van der Waals surface area (Å²) in [7, 11) is 1.55. The second kappa shape index (κ2) is 10.5. The van der Waals surface area contributed by atoms with Crippen LogP contribution >= 0.6 is 22.9 Å². The van der Waals surface area contributed by atoms with Gasteiger partial charge in [0.05, 0.1) is 36.1 Å². The van der Waals surface area contributed by atoms with Gasteiger partial charge in [-0.25, -0.2) is 9.79 Å². The van der Waals surface area contributed by atoms with E-state index in [0.29, 0.717) is 49.3 Å². The zero-order valence-electron chi connectivity index (χ0n) is 19.8. The van der Waals surface area contributed by atoms with Crippen molar-refractivity contribution in [2.24, 2.45) is 4.99 Å². The first-order valence-electron chi connectivity index (χ1n) is 11.1. The van der Waals surface area contributed by atoms with Gasteiger partial charge in [-0.05, 0) is 44.5 Å². The SMILES string of the molecule is CCOC(=O)C1=C(C)N=c2s/c(=C/c3ccccc3Cl)c(=O)n2[C@H]1c1cccc(OC)c1OCC. The van der Waals surface area contributed by atoms with Gasteiger partial charge < -0.3 is 14.2 Å². The molecule has 0 aliphatic carbocycles. The molecule has 0 saturated carbocycles. The number of halogens is 1. The summed E-state index contributed by atoms with van der Waals surface area (Å²) in [4.78, 5) is 32.0. The van der Waals surface area contributed by atoms with Crippen molar-refractivity contribution < 1.29 is 19.0 Å². The van der Waals surface area contributed by atoms with Crippen molar-refractivity contribution in [3.8, 4) is 11.5 Å². The van der Waals surface area contributed by atoms with Crippen molar-refractivity contribution in [2.75, 3.05) is 20.3 Å². The Labute approximate surface area is 211 Å². The van der Waals surface area contributed by atoms with Crippen molar-refractivity contribution >= 4 is 35.0 Å². The lowest BCUT2D eigenvalue weighted by atomic mass is 9.94. The number of fused-ring (bicyclic) bond motifs is 1. The summed E-state index contributed by atoms with van der Waals surface area (Å²) in [5, 5.41) is 0.532. The second-order valence-corrected chi connectivity index (χ2v) is 9.05. The van der Waals surface area contributed by atoms with Crippen LogP contribution in [0.3, 0.4) is 0 Å². The molecule has 1 atom stereocenters. The van der Waals surface area contributed by atoms with Gasteiger partial charge in [0.25, 0.3) is 5.56 Å². The molecule has 1 aliphatic heterocycles. The zero-order chi connectivity index (χ0) is 25.1. The summed E-state index contributed by atoms with van der Waals surface area (Å²) >= 11 is 7.57. The quantitative estimate of drug-likeness (QED) is 0.449. The van der Waals surface area contributed by atoms with Crippen LogP contribution in [0.1, 0.15) is 37.9 Å². The fourth-order valence-electron chi connectivity index (χ4n) is 4.03. The molecule has 0 spiro atoms. The number of methoxy groups -OCH3 is 1. The highest BCUT2D eigenvalue weighted by molar-refractivity contribution is 7.07. The molecule has 0 amide bonds. The van der Waals surface area contributed by atoms with Crippen molar-refractivity contribution in [3.05, 3.63) is 89.6 Å². The molecule has 182 valence electrons. The van der Waals surface area contributed by atoms with E-state index >= 15 is 0 Å². The van der Waals surface area contributed by atoms with E-state index < -0.39 is 12.0 Å². The third kappa shape index (κ3) is 4.63. The first-order chi connectivity index (χ1) is 16.9.